The van der Waals surface area contributed by atoms with Crippen LogP contribution in [0.25, 0.3) is 11.0 Å². The van der Waals surface area contributed by atoms with Crippen molar-refractivity contribution in [3.63, 3.8) is 0 Å². The van der Waals surface area contributed by atoms with Gasteiger partial charge in [0.1, 0.15) is 5.82 Å². The summed E-state index contributed by atoms with van der Waals surface area (Å²) in [4.78, 5) is 15.7. The van der Waals surface area contributed by atoms with Crippen molar-refractivity contribution in [3.05, 3.63) is 29.6 Å². The first-order valence-electron chi connectivity index (χ1n) is 6.97. The van der Waals surface area contributed by atoms with Gasteiger partial charge in [-0.25, -0.2) is 9.78 Å². The van der Waals surface area contributed by atoms with Crippen molar-refractivity contribution < 1.29 is 9.90 Å². The number of nitrogens with zero attached hydrogens (tertiary/aromatic N) is 2. The van der Waals surface area contributed by atoms with Gasteiger partial charge in [0.2, 0.25) is 0 Å². The summed E-state index contributed by atoms with van der Waals surface area (Å²) in [6, 6.07) is 5.16. The van der Waals surface area contributed by atoms with Crippen LogP contribution in [0.4, 0.5) is 0 Å². The van der Waals surface area contributed by atoms with Gasteiger partial charge in [0.05, 0.1) is 16.6 Å². The van der Waals surface area contributed by atoms with Gasteiger partial charge < -0.3 is 9.67 Å². The third-order valence-electron chi connectivity index (χ3n) is 3.85. The van der Waals surface area contributed by atoms with Crippen LogP contribution in [-0.4, -0.2) is 31.6 Å². The predicted octanol–water partition coefficient (Wildman–Crippen LogP) is 3.33. The monoisotopic (exact) mass is 290 g/mol. The number of carboxylic acid groups (broad SMARTS) is 1. The highest BCUT2D eigenvalue weighted by Gasteiger charge is 2.18. The minimum absolute atomic E-state index is 0.329. The van der Waals surface area contributed by atoms with Gasteiger partial charge in [0, 0.05) is 11.8 Å². The van der Waals surface area contributed by atoms with Gasteiger partial charge in [0.25, 0.3) is 0 Å². The van der Waals surface area contributed by atoms with Crippen molar-refractivity contribution in [1.29, 1.82) is 0 Å². The predicted molar refractivity (Wildman–Crippen MR) is 81.5 cm³/mol. The Morgan fingerprint density at radius 3 is 3.05 bits per heavy atom. The maximum absolute atomic E-state index is 11.1. The van der Waals surface area contributed by atoms with Gasteiger partial charge >= 0.3 is 5.97 Å². The molecule has 5 heteroatoms. The number of carboxylic acids is 1. The van der Waals surface area contributed by atoms with Crippen LogP contribution in [0.3, 0.4) is 0 Å². The van der Waals surface area contributed by atoms with E-state index in [1.165, 1.54) is 25.0 Å². The fourth-order valence-electron chi connectivity index (χ4n) is 2.76. The summed E-state index contributed by atoms with van der Waals surface area (Å²) < 4.78 is 2.17. The zero-order valence-electron chi connectivity index (χ0n) is 11.5. The van der Waals surface area contributed by atoms with Crippen molar-refractivity contribution in [2.24, 2.45) is 0 Å². The number of rotatable bonds is 3. The Bertz CT molecular complexity index is 645. The molecule has 1 aromatic heterocycles. The molecule has 1 aromatic carbocycles. The van der Waals surface area contributed by atoms with E-state index in [-0.39, 0.29) is 0 Å². The highest BCUT2D eigenvalue weighted by Crippen LogP contribution is 2.28. The minimum atomic E-state index is -0.885. The largest absolute Gasteiger partial charge is 0.478 e. The molecular weight excluding hydrogens is 272 g/mol. The second-order valence-electron chi connectivity index (χ2n) is 5.27. The molecule has 0 aliphatic carbocycles. The standard InChI is InChI=1S/C15H18N2O2S/c1-10-16-13-6-5-11(15(18)19)8-14(13)17(10)9-12-4-2-3-7-20-12/h5-6,8,12H,2-4,7,9H2,1H3,(H,18,19). The number of fused-ring (bicyclic) bond motifs is 1. The van der Waals surface area contributed by atoms with Gasteiger partial charge in [-0.05, 0) is 43.7 Å². The first kappa shape index (κ1) is 13.5. The molecule has 3 rings (SSSR count). The molecule has 0 spiro atoms. The average molecular weight is 290 g/mol. The van der Waals surface area contributed by atoms with Crippen LogP contribution in [0, 0.1) is 6.92 Å². The van der Waals surface area contributed by atoms with Crippen LogP contribution >= 0.6 is 11.8 Å². The van der Waals surface area contributed by atoms with E-state index in [0.29, 0.717) is 10.8 Å². The highest BCUT2D eigenvalue weighted by atomic mass is 32.2. The molecule has 4 nitrogen and oxygen atoms in total. The van der Waals surface area contributed by atoms with E-state index >= 15 is 0 Å². The molecule has 2 heterocycles. The summed E-state index contributed by atoms with van der Waals surface area (Å²) >= 11 is 2.02. The molecule has 1 fully saturated rings. The lowest BCUT2D eigenvalue weighted by Gasteiger charge is -2.22. The molecule has 0 saturated carbocycles. The zero-order valence-corrected chi connectivity index (χ0v) is 12.3. The first-order valence-corrected chi connectivity index (χ1v) is 8.02. The van der Waals surface area contributed by atoms with Crippen molar-refractivity contribution in [2.75, 3.05) is 5.75 Å². The van der Waals surface area contributed by atoms with Crippen molar-refractivity contribution >= 4 is 28.8 Å². The molecule has 1 N–H and O–H groups in total. The van der Waals surface area contributed by atoms with E-state index in [0.717, 1.165) is 23.4 Å². The lowest BCUT2D eigenvalue weighted by atomic mass is 10.1. The van der Waals surface area contributed by atoms with Crippen LogP contribution in [0.2, 0.25) is 0 Å². The minimum Gasteiger partial charge on any atom is -0.478 e. The normalized spacial score (nSPS) is 19.4. The topological polar surface area (TPSA) is 55.1 Å². The molecule has 1 aliphatic rings. The molecule has 20 heavy (non-hydrogen) atoms. The Hall–Kier alpha value is -1.49. The molecule has 0 bridgehead atoms. The molecule has 1 atom stereocenters. The number of imidazole rings is 1. The number of aromatic nitrogens is 2. The zero-order chi connectivity index (χ0) is 14.1. The number of hydrogen-bond acceptors (Lipinski definition) is 3. The fourth-order valence-corrected chi connectivity index (χ4v) is 4.05. The van der Waals surface area contributed by atoms with Crippen LogP contribution in [0.15, 0.2) is 18.2 Å². The third kappa shape index (κ3) is 2.54. The van der Waals surface area contributed by atoms with Gasteiger partial charge in [-0.3, -0.25) is 0 Å². The average Bonchev–Trinajstić information content (AvgIpc) is 2.75. The van der Waals surface area contributed by atoms with E-state index in [4.69, 9.17) is 5.11 Å². The first-order chi connectivity index (χ1) is 9.65. The van der Waals surface area contributed by atoms with Crippen LogP contribution in [0.5, 0.6) is 0 Å². The van der Waals surface area contributed by atoms with Crippen LogP contribution in [-0.2, 0) is 6.54 Å². The molecular formula is C15H18N2O2S. The summed E-state index contributed by atoms with van der Waals surface area (Å²) in [6.07, 6.45) is 3.85. The molecule has 1 aliphatic heterocycles. The van der Waals surface area contributed by atoms with Gasteiger partial charge in [-0.15, -0.1) is 0 Å². The summed E-state index contributed by atoms with van der Waals surface area (Å²) in [5.41, 5.74) is 2.15. The highest BCUT2D eigenvalue weighted by molar-refractivity contribution is 7.99. The smallest absolute Gasteiger partial charge is 0.335 e. The number of hydrogen-bond donors (Lipinski definition) is 1. The number of aromatic carboxylic acids is 1. The number of carbonyl (C=O) groups is 1. The van der Waals surface area contributed by atoms with Crippen molar-refractivity contribution in [1.82, 2.24) is 9.55 Å². The lowest BCUT2D eigenvalue weighted by molar-refractivity contribution is 0.0697. The summed E-state index contributed by atoms with van der Waals surface area (Å²) in [5, 5.41) is 9.75. The Morgan fingerprint density at radius 2 is 2.35 bits per heavy atom. The molecule has 0 amide bonds. The van der Waals surface area contributed by atoms with Crippen LogP contribution in [0.1, 0.15) is 35.4 Å². The Labute approximate surface area is 122 Å². The van der Waals surface area contributed by atoms with E-state index in [1.54, 1.807) is 18.2 Å². The Balaban J connectivity index is 1.97. The third-order valence-corrected chi connectivity index (χ3v) is 5.23. The van der Waals surface area contributed by atoms with E-state index in [1.807, 2.05) is 18.7 Å². The molecule has 2 aromatic rings. The fraction of sp³-hybridized carbons (Fsp3) is 0.467. The Kier molecular flexibility index (Phi) is 3.70. The quantitative estimate of drug-likeness (QED) is 0.942. The second kappa shape index (κ2) is 5.48. The lowest BCUT2D eigenvalue weighted by Crippen LogP contribution is -2.17. The van der Waals surface area contributed by atoms with E-state index < -0.39 is 5.97 Å². The molecule has 1 unspecified atom stereocenters. The summed E-state index contributed by atoms with van der Waals surface area (Å²) in [7, 11) is 0. The molecule has 1 saturated heterocycles. The van der Waals surface area contributed by atoms with Gasteiger partial charge in [-0.1, -0.05) is 6.42 Å². The van der Waals surface area contributed by atoms with Gasteiger partial charge in [-0.2, -0.15) is 11.8 Å². The second-order valence-corrected chi connectivity index (χ2v) is 6.68. The number of benzene rings is 1. The summed E-state index contributed by atoms with van der Waals surface area (Å²) in [6.45, 7) is 2.92. The molecule has 0 radical (unpaired) electrons. The summed E-state index contributed by atoms with van der Waals surface area (Å²) in [5.74, 6) is 1.31. The van der Waals surface area contributed by atoms with Crippen molar-refractivity contribution in [3.8, 4) is 0 Å². The van der Waals surface area contributed by atoms with Crippen molar-refractivity contribution in [2.45, 2.75) is 38.0 Å². The molecule has 106 valence electrons. The van der Waals surface area contributed by atoms with E-state index in [2.05, 4.69) is 9.55 Å². The van der Waals surface area contributed by atoms with E-state index in [9.17, 15) is 4.79 Å². The Morgan fingerprint density at radius 1 is 1.50 bits per heavy atom. The van der Waals surface area contributed by atoms with Gasteiger partial charge in [0.15, 0.2) is 0 Å². The number of thioether (sulfide) groups is 1. The number of aryl methyl sites for hydroxylation is 1. The maximum atomic E-state index is 11.1. The van der Waals surface area contributed by atoms with Crippen LogP contribution < -0.4 is 0 Å². The maximum Gasteiger partial charge on any atom is 0.335 e. The SMILES string of the molecule is Cc1nc2ccc(C(=O)O)cc2n1CC1CCCCS1.